The number of carbonyl (C=O) groups is 2. The monoisotopic (exact) mass is 487 g/mol. The van der Waals surface area contributed by atoms with Gasteiger partial charge in [-0.1, -0.05) is 41.6 Å². The van der Waals surface area contributed by atoms with Crippen molar-refractivity contribution in [3.8, 4) is 11.5 Å². The van der Waals surface area contributed by atoms with Gasteiger partial charge >= 0.3 is 5.97 Å². The Hall–Kier alpha value is -3.17. The number of nitrogens with zero attached hydrogens (tertiary/aromatic N) is 1. The van der Waals surface area contributed by atoms with E-state index in [0.717, 1.165) is 5.56 Å². The number of carbonyl (C=O) groups excluding carboxylic acids is 2. The number of hydrogen-bond donors (Lipinski definition) is 2. The van der Waals surface area contributed by atoms with E-state index in [-0.39, 0.29) is 25.1 Å². The molecule has 2 N–H and O–H groups in total. The number of allylic oxidation sites excluding steroid dienone is 1. The Balaban J connectivity index is 1.54. The Morgan fingerprint density at radius 3 is 2.82 bits per heavy atom. The Kier molecular flexibility index (Phi) is 7.10. The third-order valence-electron chi connectivity index (χ3n) is 4.91. The van der Waals surface area contributed by atoms with E-state index in [4.69, 9.17) is 30.8 Å². The second-order valence-electron chi connectivity index (χ2n) is 7.15. The van der Waals surface area contributed by atoms with Gasteiger partial charge in [0.25, 0.3) is 0 Å². The summed E-state index contributed by atoms with van der Waals surface area (Å²) >= 11 is 7.34. The number of amidine groups is 1. The quantitative estimate of drug-likeness (QED) is 0.587. The minimum absolute atomic E-state index is 0.104. The summed E-state index contributed by atoms with van der Waals surface area (Å²) in [5.74, 6) is 0.660. The van der Waals surface area contributed by atoms with Crippen molar-refractivity contribution in [3.05, 3.63) is 64.3 Å². The van der Waals surface area contributed by atoms with Gasteiger partial charge in [0.2, 0.25) is 12.7 Å². The molecule has 4 rings (SSSR count). The average molecular weight is 488 g/mol. The smallest absolute Gasteiger partial charge is 0.338 e. The van der Waals surface area contributed by atoms with Crippen LogP contribution in [0.15, 0.2) is 58.7 Å². The highest BCUT2D eigenvalue weighted by Gasteiger charge is 2.31. The van der Waals surface area contributed by atoms with Gasteiger partial charge in [-0.3, -0.25) is 4.79 Å². The van der Waals surface area contributed by atoms with Crippen LogP contribution in [0.4, 0.5) is 5.69 Å². The maximum atomic E-state index is 12.7. The van der Waals surface area contributed by atoms with E-state index in [2.05, 4.69) is 10.6 Å². The number of aliphatic imine (C=N–C) groups is 1. The fourth-order valence-corrected chi connectivity index (χ4v) is 4.33. The molecule has 2 aromatic carbocycles. The van der Waals surface area contributed by atoms with Crippen LogP contribution in [0.1, 0.15) is 25.5 Å². The molecule has 33 heavy (non-hydrogen) atoms. The van der Waals surface area contributed by atoms with Crippen molar-refractivity contribution in [1.82, 2.24) is 5.32 Å². The Labute approximate surface area is 200 Å². The van der Waals surface area contributed by atoms with Crippen molar-refractivity contribution in [3.63, 3.8) is 0 Å². The van der Waals surface area contributed by atoms with Gasteiger partial charge in [-0.15, -0.1) is 0 Å². The van der Waals surface area contributed by atoms with Crippen LogP contribution in [0.2, 0.25) is 5.02 Å². The molecular weight excluding hydrogens is 466 g/mol. The van der Waals surface area contributed by atoms with Crippen molar-refractivity contribution in [2.75, 3.05) is 24.5 Å². The van der Waals surface area contributed by atoms with Gasteiger partial charge in [0.05, 0.1) is 28.6 Å². The highest BCUT2D eigenvalue weighted by atomic mass is 35.5. The molecule has 0 saturated heterocycles. The zero-order valence-electron chi connectivity index (χ0n) is 18.0. The average Bonchev–Trinajstić information content (AvgIpc) is 3.27. The van der Waals surface area contributed by atoms with Gasteiger partial charge in [-0.05, 0) is 43.7 Å². The number of nitrogens with one attached hydrogen (secondary N) is 2. The molecule has 8 nitrogen and oxygen atoms in total. The second kappa shape index (κ2) is 10.2. The molecule has 0 aromatic heterocycles. The highest BCUT2D eigenvalue weighted by molar-refractivity contribution is 8.14. The fourth-order valence-electron chi connectivity index (χ4n) is 3.40. The van der Waals surface area contributed by atoms with Crippen LogP contribution in [0, 0.1) is 0 Å². The minimum Gasteiger partial charge on any atom is -0.463 e. The summed E-state index contributed by atoms with van der Waals surface area (Å²) in [7, 11) is 0. The molecule has 0 saturated carbocycles. The molecule has 2 aromatic rings. The Morgan fingerprint density at radius 2 is 2.03 bits per heavy atom. The molecule has 10 heteroatoms. The summed E-state index contributed by atoms with van der Waals surface area (Å²) in [5, 5.41) is 6.88. The van der Waals surface area contributed by atoms with Crippen molar-refractivity contribution in [2.24, 2.45) is 4.99 Å². The van der Waals surface area contributed by atoms with E-state index in [1.54, 1.807) is 50.2 Å². The van der Waals surface area contributed by atoms with Gasteiger partial charge in [0, 0.05) is 5.70 Å². The first-order valence-electron chi connectivity index (χ1n) is 10.3. The summed E-state index contributed by atoms with van der Waals surface area (Å²) in [5.41, 5.74) is 2.31. The zero-order chi connectivity index (χ0) is 23.4. The molecular formula is C23H22ClN3O5S. The molecule has 0 fully saturated rings. The molecule has 0 radical (unpaired) electrons. The van der Waals surface area contributed by atoms with Gasteiger partial charge in [-0.25, -0.2) is 9.79 Å². The van der Waals surface area contributed by atoms with Crippen LogP contribution in [0.25, 0.3) is 0 Å². The summed E-state index contributed by atoms with van der Waals surface area (Å²) in [6, 6.07) is 11.8. The van der Waals surface area contributed by atoms with Crippen LogP contribution in [0.5, 0.6) is 11.5 Å². The van der Waals surface area contributed by atoms with Crippen molar-refractivity contribution in [1.29, 1.82) is 0 Å². The number of benzene rings is 2. The number of thioether (sulfide) groups is 1. The van der Waals surface area contributed by atoms with E-state index >= 15 is 0 Å². The number of halogens is 1. The van der Waals surface area contributed by atoms with Crippen molar-refractivity contribution in [2.45, 2.75) is 19.9 Å². The van der Waals surface area contributed by atoms with Crippen LogP contribution in [-0.2, 0) is 14.3 Å². The number of amides is 1. The molecule has 2 aliphatic heterocycles. The summed E-state index contributed by atoms with van der Waals surface area (Å²) in [6.07, 6.45) is 0. The molecule has 1 atom stereocenters. The van der Waals surface area contributed by atoms with E-state index < -0.39 is 12.0 Å². The normalized spacial score (nSPS) is 16.7. The first kappa shape index (κ1) is 23.0. The van der Waals surface area contributed by atoms with E-state index in [1.165, 1.54) is 11.8 Å². The lowest BCUT2D eigenvalue weighted by atomic mass is 9.96. The molecule has 0 unspecified atom stereocenters. The Bertz CT molecular complexity index is 1150. The van der Waals surface area contributed by atoms with Crippen LogP contribution < -0.4 is 20.1 Å². The summed E-state index contributed by atoms with van der Waals surface area (Å²) in [4.78, 5) is 29.9. The van der Waals surface area contributed by atoms with E-state index in [0.29, 0.717) is 38.6 Å². The lowest BCUT2D eigenvalue weighted by Gasteiger charge is -2.25. The molecule has 2 heterocycles. The lowest BCUT2D eigenvalue weighted by Crippen LogP contribution is -2.31. The van der Waals surface area contributed by atoms with E-state index in [9.17, 15) is 9.59 Å². The number of para-hydroxylation sites is 1. The summed E-state index contributed by atoms with van der Waals surface area (Å²) < 4.78 is 16.1. The molecule has 0 aliphatic carbocycles. The SMILES string of the molecule is CCOC(=O)C1=C(C)NC(SCC(=O)Nc2ccccc2Cl)=N[C@H]1c1ccc2c(c1)OCO2. The maximum absolute atomic E-state index is 12.7. The number of fused-ring (bicyclic) bond motifs is 1. The third kappa shape index (κ3) is 5.26. The molecule has 2 aliphatic rings. The van der Waals surface area contributed by atoms with Crippen LogP contribution in [-0.4, -0.2) is 36.2 Å². The first-order chi connectivity index (χ1) is 16.0. The zero-order valence-corrected chi connectivity index (χ0v) is 19.6. The van der Waals surface area contributed by atoms with Gasteiger partial charge < -0.3 is 24.8 Å². The number of rotatable bonds is 6. The minimum atomic E-state index is -0.617. The molecule has 1 amide bonds. The number of esters is 1. The maximum Gasteiger partial charge on any atom is 0.338 e. The van der Waals surface area contributed by atoms with E-state index in [1.807, 2.05) is 6.07 Å². The number of ether oxygens (including phenoxy) is 3. The fraction of sp³-hybridized carbons (Fsp3) is 0.261. The predicted molar refractivity (Wildman–Crippen MR) is 128 cm³/mol. The Morgan fingerprint density at radius 1 is 1.24 bits per heavy atom. The standard InChI is InChI=1S/C23H22ClN3O5S/c1-3-30-22(29)20-13(2)25-23(33-11-19(28)26-16-7-5-4-6-15(16)24)27-21(20)14-8-9-17-18(10-14)32-12-31-17/h4-10,21H,3,11-12H2,1-2H3,(H,25,27)(H,26,28)/t21-/m0/s1. The predicted octanol–water partition coefficient (Wildman–Crippen LogP) is 4.28. The third-order valence-corrected chi connectivity index (χ3v) is 6.13. The van der Waals surface area contributed by atoms with Crippen LogP contribution >= 0.6 is 23.4 Å². The molecule has 172 valence electrons. The topological polar surface area (TPSA) is 98.2 Å². The first-order valence-corrected chi connectivity index (χ1v) is 11.6. The van der Waals surface area contributed by atoms with Crippen molar-refractivity contribution < 1.29 is 23.8 Å². The van der Waals surface area contributed by atoms with Gasteiger partial charge in [0.1, 0.15) is 6.04 Å². The van der Waals surface area contributed by atoms with Gasteiger partial charge in [-0.2, -0.15) is 0 Å². The largest absolute Gasteiger partial charge is 0.463 e. The van der Waals surface area contributed by atoms with Gasteiger partial charge in [0.15, 0.2) is 16.7 Å². The second-order valence-corrected chi connectivity index (χ2v) is 8.52. The number of anilines is 1. The lowest BCUT2D eigenvalue weighted by molar-refractivity contribution is -0.139. The van der Waals surface area contributed by atoms with Crippen LogP contribution in [0.3, 0.4) is 0 Å². The number of hydrogen-bond acceptors (Lipinski definition) is 8. The highest BCUT2D eigenvalue weighted by Crippen LogP contribution is 2.39. The van der Waals surface area contributed by atoms with Crippen molar-refractivity contribution >= 4 is 46.1 Å². The summed E-state index contributed by atoms with van der Waals surface area (Å²) in [6.45, 7) is 3.93. The molecule has 0 bridgehead atoms. The molecule has 0 spiro atoms.